The van der Waals surface area contributed by atoms with Gasteiger partial charge < -0.3 is 9.13 Å². The molecule has 11 rings (SSSR count). The van der Waals surface area contributed by atoms with E-state index >= 15 is 0 Å². The predicted molar refractivity (Wildman–Crippen MR) is 249 cm³/mol. The molecule has 5 heteroatoms. The van der Waals surface area contributed by atoms with E-state index in [9.17, 15) is 0 Å². The first kappa shape index (κ1) is 35.5. The van der Waals surface area contributed by atoms with Crippen molar-refractivity contribution in [2.75, 3.05) is 0 Å². The number of nitrogens with zero attached hydrogens (tertiary/aromatic N) is 5. The molecular weight excluding hydrogens is 731 g/mol. The molecule has 3 aromatic heterocycles. The molecule has 0 saturated heterocycles. The molecule has 5 nitrogen and oxygen atoms in total. The largest absolute Gasteiger partial charge is 0.308 e. The Hall–Kier alpha value is -7.63. The van der Waals surface area contributed by atoms with Crippen LogP contribution in [0.5, 0.6) is 0 Å². The van der Waals surface area contributed by atoms with Crippen molar-refractivity contribution in [2.24, 2.45) is 0 Å². The zero-order valence-corrected chi connectivity index (χ0v) is 33.7. The van der Waals surface area contributed by atoms with E-state index in [1.165, 1.54) is 27.1 Å². The second kappa shape index (κ2) is 14.0. The fourth-order valence-electron chi connectivity index (χ4n) is 8.91. The molecule has 0 unspecified atom stereocenters. The van der Waals surface area contributed by atoms with E-state index < -0.39 is 0 Å². The number of aromatic nitrogens is 5. The van der Waals surface area contributed by atoms with Gasteiger partial charge in [0.2, 0.25) is 0 Å². The molecule has 0 radical (unpaired) electrons. The van der Waals surface area contributed by atoms with E-state index in [1.807, 2.05) is 0 Å². The number of rotatable bonds is 6. The lowest BCUT2D eigenvalue weighted by atomic mass is 9.95. The van der Waals surface area contributed by atoms with Crippen LogP contribution in [0.2, 0.25) is 0 Å². The molecule has 286 valence electrons. The molecule has 0 N–H and O–H groups in total. The quantitative estimate of drug-likeness (QED) is 0.169. The average Bonchev–Trinajstić information content (AvgIpc) is 3.82. The van der Waals surface area contributed by atoms with Crippen LogP contribution in [0.3, 0.4) is 0 Å². The van der Waals surface area contributed by atoms with Gasteiger partial charge in [0, 0.05) is 49.2 Å². The lowest BCUT2D eigenvalue weighted by molar-refractivity contribution is 0.543. The van der Waals surface area contributed by atoms with Crippen molar-refractivity contribution in [2.45, 2.75) is 26.2 Å². The van der Waals surface area contributed by atoms with E-state index in [0.717, 1.165) is 67.1 Å². The summed E-state index contributed by atoms with van der Waals surface area (Å²) in [7, 11) is 0. The van der Waals surface area contributed by atoms with Crippen molar-refractivity contribution in [3.63, 3.8) is 0 Å². The van der Waals surface area contributed by atoms with Crippen molar-refractivity contribution in [1.82, 2.24) is 24.1 Å². The van der Waals surface area contributed by atoms with Gasteiger partial charge in [0.1, 0.15) is 5.82 Å². The summed E-state index contributed by atoms with van der Waals surface area (Å²) in [6.45, 7) is 6.53. The fraction of sp³-hybridized carbons (Fsp3) is 0.0727. The highest BCUT2D eigenvalue weighted by molar-refractivity contribution is 6.14. The highest BCUT2D eigenvalue weighted by atomic mass is 15.1. The third kappa shape index (κ3) is 5.73. The first-order valence-corrected chi connectivity index (χ1v) is 20.6. The number of hydrogen-bond donors (Lipinski definition) is 0. The molecule has 60 heavy (non-hydrogen) atoms. The van der Waals surface area contributed by atoms with Crippen molar-refractivity contribution < 1.29 is 0 Å². The second-order valence-electron chi connectivity index (χ2n) is 16.4. The van der Waals surface area contributed by atoms with Gasteiger partial charge in [0.15, 0.2) is 11.6 Å². The molecular formula is C55H41N5. The van der Waals surface area contributed by atoms with E-state index in [1.54, 1.807) is 0 Å². The minimum atomic E-state index is -0.376. The summed E-state index contributed by atoms with van der Waals surface area (Å²) in [5, 5.41) is 4.79. The standard InChI is InChI=1S/C55H41N5/c1-55(2,3)54-57-52(44-27-13-17-35-49(44)60-48-34-16-12-26-42(48)43-30-18-28-38(50(43)60)36-20-6-4-7-21-36)56-53(58-54)45-31-19-29-39(37-22-8-5-9-23-37)51(45)59-46-32-14-10-24-40(46)41-25-11-15-33-47(41)59/h4-35H,1-3H3. The molecule has 0 bridgehead atoms. The zero-order valence-electron chi connectivity index (χ0n) is 33.7. The average molecular weight is 772 g/mol. The topological polar surface area (TPSA) is 48.5 Å². The third-order valence-electron chi connectivity index (χ3n) is 11.6. The maximum atomic E-state index is 5.52. The van der Waals surface area contributed by atoms with E-state index in [2.05, 4.69) is 224 Å². The Balaban J connectivity index is 1.22. The summed E-state index contributed by atoms with van der Waals surface area (Å²) in [4.78, 5) is 16.2. The highest BCUT2D eigenvalue weighted by Crippen LogP contribution is 2.43. The molecule has 0 amide bonds. The molecule has 11 aromatic rings. The smallest absolute Gasteiger partial charge is 0.165 e. The SMILES string of the molecule is CC(C)(C)c1nc(-c2ccccc2-n2c3ccccc3c3cccc(-c4ccccc4)c32)nc(-c2cccc(-c3ccccc3)c2-n2c3ccccc3c3ccccc32)n1. The monoisotopic (exact) mass is 771 g/mol. The zero-order chi connectivity index (χ0) is 40.4. The van der Waals surface area contributed by atoms with Gasteiger partial charge >= 0.3 is 0 Å². The fourth-order valence-corrected chi connectivity index (χ4v) is 8.91. The maximum absolute atomic E-state index is 5.52. The Morgan fingerprint density at radius 1 is 0.350 bits per heavy atom. The first-order valence-electron chi connectivity index (χ1n) is 20.6. The predicted octanol–water partition coefficient (Wildman–Crippen LogP) is 14.0. The van der Waals surface area contributed by atoms with E-state index in [0.29, 0.717) is 11.6 Å². The molecule has 0 saturated carbocycles. The number of hydrogen-bond acceptors (Lipinski definition) is 3. The molecule has 0 aliphatic heterocycles. The van der Waals surface area contributed by atoms with Gasteiger partial charge in [-0.2, -0.15) is 0 Å². The van der Waals surface area contributed by atoms with Crippen molar-refractivity contribution >= 4 is 43.6 Å². The Morgan fingerprint density at radius 2 is 0.783 bits per heavy atom. The summed E-state index contributed by atoms with van der Waals surface area (Å²) < 4.78 is 4.81. The highest BCUT2D eigenvalue weighted by Gasteiger charge is 2.27. The van der Waals surface area contributed by atoms with Crippen LogP contribution in [-0.4, -0.2) is 24.1 Å². The van der Waals surface area contributed by atoms with Gasteiger partial charge in [-0.1, -0.05) is 178 Å². The van der Waals surface area contributed by atoms with Crippen molar-refractivity contribution in [3.8, 4) is 56.4 Å². The van der Waals surface area contributed by atoms with Crippen LogP contribution in [0, 0.1) is 0 Å². The van der Waals surface area contributed by atoms with Crippen LogP contribution < -0.4 is 0 Å². The van der Waals surface area contributed by atoms with Crippen LogP contribution in [0.25, 0.3) is 100 Å². The second-order valence-corrected chi connectivity index (χ2v) is 16.4. The van der Waals surface area contributed by atoms with Crippen molar-refractivity contribution in [3.05, 3.63) is 200 Å². The van der Waals surface area contributed by atoms with Crippen LogP contribution in [0.4, 0.5) is 0 Å². The minimum Gasteiger partial charge on any atom is -0.308 e. The van der Waals surface area contributed by atoms with Gasteiger partial charge in [0.05, 0.1) is 33.4 Å². The number of fused-ring (bicyclic) bond motifs is 6. The van der Waals surface area contributed by atoms with E-state index in [4.69, 9.17) is 15.0 Å². The summed E-state index contributed by atoms with van der Waals surface area (Å²) in [5.74, 6) is 1.98. The van der Waals surface area contributed by atoms with Crippen LogP contribution >= 0.6 is 0 Å². The molecule has 0 spiro atoms. The van der Waals surface area contributed by atoms with Crippen molar-refractivity contribution in [1.29, 1.82) is 0 Å². The molecule has 3 heterocycles. The van der Waals surface area contributed by atoms with Gasteiger partial charge in [-0.15, -0.1) is 0 Å². The van der Waals surface area contributed by atoms with Crippen LogP contribution in [0.1, 0.15) is 26.6 Å². The Bertz CT molecular complexity index is 3350. The van der Waals surface area contributed by atoms with Gasteiger partial charge in [0.25, 0.3) is 0 Å². The Labute approximate surface area is 348 Å². The summed E-state index contributed by atoms with van der Waals surface area (Å²) >= 11 is 0. The Morgan fingerprint density at radius 3 is 1.42 bits per heavy atom. The lowest BCUT2D eigenvalue weighted by Gasteiger charge is -2.22. The third-order valence-corrected chi connectivity index (χ3v) is 11.6. The van der Waals surface area contributed by atoms with E-state index in [-0.39, 0.29) is 5.41 Å². The summed E-state index contributed by atoms with van der Waals surface area (Å²) in [5.41, 5.74) is 12.6. The molecule has 0 fully saturated rings. The summed E-state index contributed by atoms with van der Waals surface area (Å²) in [6.07, 6.45) is 0. The van der Waals surface area contributed by atoms with Gasteiger partial charge in [-0.05, 0) is 47.5 Å². The van der Waals surface area contributed by atoms with Crippen LogP contribution in [-0.2, 0) is 5.41 Å². The molecule has 0 aliphatic carbocycles. The van der Waals surface area contributed by atoms with Gasteiger partial charge in [-0.25, -0.2) is 15.0 Å². The Kier molecular flexibility index (Phi) is 8.31. The molecule has 0 aliphatic rings. The number of benzene rings is 8. The van der Waals surface area contributed by atoms with Crippen LogP contribution in [0.15, 0.2) is 194 Å². The molecule has 8 aromatic carbocycles. The van der Waals surface area contributed by atoms with Gasteiger partial charge in [-0.3, -0.25) is 0 Å². The first-order chi connectivity index (χ1) is 29.4. The minimum absolute atomic E-state index is 0.376. The molecule has 0 atom stereocenters. The normalized spacial score (nSPS) is 11.9. The maximum Gasteiger partial charge on any atom is 0.165 e. The lowest BCUT2D eigenvalue weighted by Crippen LogP contribution is -2.18. The number of para-hydroxylation sites is 6. The summed E-state index contributed by atoms with van der Waals surface area (Å²) in [6, 6.07) is 69.0.